The van der Waals surface area contributed by atoms with Gasteiger partial charge in [-0.05, 0) is 13.0 Å². The van der Waals surface area contributed by atoms with Crippen LogP contribution in [0.4, 0.5) is 36.4 Å². The van der Waals surface area contributed by atoms with Gasteiger partial charge in [0.05, 0.1) is 29.2 Å². The number of aromatic nitrogens is 2. The first kappa shape index (κ1) is 17.1. The number of halogens is 7. The van der Waals surface area contributed by atoms with Crippen LogP contribution in [0, 0.1) is 12.7 Å². The predicted molar refractivity (Wildman–Crippen MR) is 66.9 cm³/mol. The highest BCUT2D eigenvalue weighted by Gasteiger charge is 2.40. The predicted octanol–water partition coefficient (Wildman–Crippen LogP) is 4.00. The maximum atomic E-state index is 13.7. The zero-order valence-electron chi connectivity index (χ0n) is 11.6. The molecule has 2 aromatic rings. The molecule has 0 atom stereocenters. The van der Waals surface area contributed by atoms with Gasteiger partial charge in [-0.1, -0.05) is 0 Å². The van der Waals surface area contributed by atoms with Crippen molar-refractivity contribution < 1.29 is 30.7 Å². The zero-order valence-corrected chi connectivity index (χ0v) is 11.6. The SMILES string of the molecule is Cc1nc(Cn2cc(C(F)(F)F)cc2C(F)(F)F)c(F)cc1N. The number of rotatable bonds is 2. The molecule has 2 N–H and O–H groups in total. The third kappa shape index (κ3) is 3.57. The largest absolute Gasteiger partial charge is 0.431 e. The highest BCUT2D eigenvalue weighted by Crippen LogP contribution is 2.37. The Balaban J connectivity index is 2.51. The van der Waals surface area contributed by atoms with E-state index in [-0.39, 0.29) is 28.2 Å². The van der Waals surface area contributed by atoms with Crippen LogP contribution >= 0.6 is 0 Å². The number of nitrogens with zero attached hydrogens (tertiary/aromatic N) is 2. The van der Waals surface area contributed by atoms with E-state index in [1.165, 1.54) is 6.92 Å². The van der Waals surface area contributed by atoms with E-state index in [1.54, 1.807) is 0 Å². The van der Waals surface area contributed by atoms with Crippen molar-refractivity contribution in [1.29, 1.82) is 0 Å². The molecule has 0 aliphatic rings. The molecule has 2 aromatic heterocycles. The van der Waals surface area contributed by atoms with E-state index in [2.05, 4.69) is 4.98 Å². The Hall–Kier alpha value is -2.26. The van der Waals surface area contributed by atoms with Gasteiger partial charge in [-0.3, -0.25) is 4.98 Å². The van der Waals surface area contributed by atoms with Crippen molar-refractivity contribution in [2.75, 3.05) is 5.73 Å². The molecule has 3 nitrogen and oxygen atoms in total. The molecule has 126 valence electrons. The van der Waals surface area contributed by atoms with Crippen LogP contribution in [0.3, 0.4) is 0 Å². The summed E-state index contributed by atoms with van der Waals surface area (Å²) >= 11 is 0. The smallest absolute Gasteiger partial charge is 0.397 e. The van der Waals surface area contributed by atoms with Crippen LogP contribution < -0.4 is 5.73 Å². The average Bonchev–Trinajstić information content (AvgIpc) is 2.79. The number of nitrogens with two attached hydrogens (primary N) is 1. The van der Waals surface area contributed by atoms with Crippen molar-refractivity contribution in [1.82, 2.24) is 9.55 Å². The molecule has 0 saturated heterocycles. The first-order valence-electron chi connectivity index (χ1n) is 6.15. The average molecular weight is 341 g/mol. The molecule has 0 spiro atoms. The second-order valence-corrected chi connectivity index (χ2v) is 4.83. The highest BCUT2D eigenvalue weighted by atomic mass is 19.4. The van der Waals surface area contributed by atoms with Crippen LogP contribution in [0.1, 0.15) is 22.6 Å². The lowest BCUT2D eigenvalue weighted by Gasteiger charge is -2.12. The van der Waals surface area contributed by atoms with Crippen LogP contribution in [0.2, 0.25) is 0 Å². The maximum absolute atomic E-state index is 13.7. The first-order chi connectivity index (χ1) is 10.4. The van der Waals surface area contributed by atoms with Gasteiger partial charge in [-0.15, -0.1) is 0 Å². The molecule has 0 amide bonds. The standard InChI is InChI=1S/C13H10F7N3/c1-6-9(21)3-8(14)10(22-6)5-23-4-7(12(15,16)17)2-11(23)13(18,19)20/h2-4H,5,21H2,1H3. The summed E-state index contributed by atoms with van der Waals surface area (Å²) in [5, 5.41) is 0. The van der Waals surface area contributed by atoms with Crippen molar-refractivity contribution in [2.24, 2.45) is 0 Å². The molecule has 0 bridgehead atoms. The summed E-state index contributed by atoms with van der Waals surface area (Å²) in [6.07, 6.45) is -9.70. The maximum Gasteiger partial charge on any atom is 0.431 e. The first-order valence-corrected chi connectivity index (χ1v) is 6.15. The lowest BCUT2D eigenvalue weighted by molar-refractivity contribution is -0.144. The van der Waals surface area contributed by atoms with Crippen LogP contribution in [0.15, 0.2) is 18.3 Å². The summed E-state index contributed by atoms with van der Waals surface area (Å²) in [6, 6.07) is 0.834. The molecule has 0 aliphatic heterocycles. The van der Waals surface area contributed by atoms with E-state index in [9.17, 15) is 30.7 Å². The minimum absolute atomic E-state index is 0.00854. The van der Waals surface area contributed by atoms with Crippen molar-refractivity contribution in [2.45, 2.75) is 25.8 Å². The normalized spacial score (nSPS) is 12.7. The minimum atomic E-state index is -5.02. The molecule has 23 heavy (non-hydrogen) atoms. The molecule has 0 aliphatic carbocycles. The van der Waals surface area contributed by atoms with Crippen LogP contribution in [0.5, 0.6) is 0 Å². The Morgan fingerprint density at radius 2 is 1.70 bits per heavy atom. The fourth-order valence-corrected chi connectivity index (χ4v) is 1.95. The molecule has 0 fully saturated rings. The molecule has 0 unspecified atom stereocenters. The van der Waals surface area contributed by atoms with Gasteiger partial charge in [-0.25, -0.2) is 4.39 Å². The minimum Gasteiger partial charge on any atom is -0.397 e. The Morgan fingerprint density at radius 1 is 1.09 bits per heavy atom. The summed E-state index contributed by atoms with van der Waals surface area (Å²) in [6.45, 7) is 0.595. The quantitative estimate of drug-likeness (QED) is 0.839. The highest BCUT2D eigenvalue weighted by molar-refractivity contribution is 5.43. The Bertz CT molecular complexity index is 728. The second kappa shape index (κ2) is 5.43. The van der Waals surface area contributed by atoms with Crippen molar-refractivity contribution in [3.63, 3.8) is 0 Å². The third-order valence-electron chi connectivity index (χ3n) is 3.11. The van der Waals surface area contributed by atoms with Gasteiger partial charge >= 0.3 is 12.4 Å². The van der Waals surface area contributed by atoms with E-state index in [1.807, 2.05) is 0 Å². The van der Waals surface area contributed by atoms with Crippen LogP contribution in [-0.2, 0) is 18.9 Å². The van der Waals surface area contributed by atoms with Gasteiger partial charge < -0.3 is 10.3 Å². The number of hydrogen-bond acceptors (Lipinski definition) is 2. The lowest BCUT2D eigenvalue weighted by atomic mass is 10.2. The van der Waals surface area contributed by atoms with E-state index >= 15 is 0 Å². The molecular formula is C13H10F7N3. The van der Waals surface area contributed by atoms with Gasteiger partial charge in [0.25, 0.3) is 0 Å². The Kier molecular flexibility index (Phi) is 4.03. The van der Waals surface area contributed by atoms with Crippen molar-refractivity contribution in [3.05, 3.63) is 46.8 Å². The fourth-order valence-electron chi connectivity index (χ4n) is 1.95. The lowest BCUT2D eigenvalue weighted by Crippen LogP contribution is -2.15. The van der Waals surface area contributed by atoms with E-state index in [0.717, 1.165) is 6.07 Å². The van der Waals surface area contributed by atoms with Gasteiger partial charge in [0.1, 0.15) is 11.5 Å². The summed E-state index contributed by atoms with van der Waals surface area (Å²) in [7, 11) is 0. The molecular weight excluding hydrogens is 331 g/mol. The Labute approximate surface area is 125 Å². The number of pyridine rings is 1. The van der Waals surface area contributed by atoms with E-state index in [0.29, 0.717) is 0 Å². The molecule has 2 heterocycles. The molecule has 0 saturated carbocycles. The zero-order chi connectivity index (χ0) is 17.6. The fraction of sp³-hybridized carbons (Fsp3) is 0.308. The second-order valence-electron chi connectivity index (χ2n) is 4.83. The summed E-state index contributed by atoms with van der Waals surface area (Å²) in [4.78, 5) is 3.69. The van der Waals surface area contributed by atoms with E-state index in [4.69, 9.17) is 5.73 Å². The summed E-state index contributed by atoms with van der Waals surface area (Å²) < 4.78 is 90.5. The Morgan fingerprint density at radius 3 is 2.22 bits per heavy atom. The summed E-state index contributed by atoms with van der Waals surface area (Å²) in [5.41, 5.74) is 2.11. The number of anilines is 1. The topological polar surface area (TPSA) is 43.8 Å². The van der Waals surface area contributed by atoms with Gasteiger partial charge in [0, 0.05) is 12.3 Å². The van der Waals surface area contributed by atoms with Crippen LogP contribution in [0.25, 0.3) is 0 Å². The molecule has 0 aromatic carbocycles. The van der Waals surface area contributed by atoms with Crippen LogP contribution in [-0.4, -0.2) is 9.55 Å². The van der Waals surface area contributed by atoms with Gasteiger partial charge in [-0.2, -0.15) is 26.3 Å². The monoisotopic (exact) mass is 341 g/mol. The number of nitrogen functional groups attached to an aromatic ring is 1. The van der Waals surface area contributed by atoms with Gasteiger partial charge in [0.15, 0.2) is 0 Å². The molecule has 0 radical (unpaired) electrons. The number of aryl methyl sites for hydroxylation is 1. The van der Waals surface area contributed by atoms with Gasteiger partial charge in [0.2, 0.25) is 0 Å². The number of alkyl halides is 6. The molecule has 2 rings (SSSR count). The summed E-state index contributed by atoms with van der Waals surface area (Å²) in [5.74, 6) is -0.997. The van der Waals surface area contributed by atoms with Crippen molar-refractivity contribution in [3.8, 4) is 0 Å². The molecule has 10 heteroatoms. The van der Waals surface area contributed by atoms with Crippen molar-refractivity contribution >= 4 is 5.69 Å². The number of hydrogen-bond donors (Lipinski definition) is 1. The van der Waals surface area contributed by atoms with E-state index < -0.39 is 41.7 Å². The third-order valence-corrected chi connectivity index (χ3v) is 3.11.